The fourth-order valence-electron chi connectivity index (χ4n) is 0.962. The maximum Gasteiger partial charge on any atom is 0.190 e. The van der Waals surface area contributed by atoms with Gasteiger partial charge in [0.2, 0.25) is 0 Å². The number of hydrogen-bond donors (Lipinski definition) is 1. The molecule has 2 N–H and O–H groups in total. The standard InChI is InChI=1S/C8H9F2NO2/c1-12-8-6(9)3-2-5(4-13-11)7(8)10/h2-3H,4,11H2,1H3. The molecule has 0 atom stereocenters. The molecular weight excluding hydrogens is 180 g/mol. The molecule has 0 saturated heterocycles. The Bertz CT molecular complexity index is 304. The summed E-state index contributed by atoms with van der Waals surface area (Å²) in [4.78, 5) is 4.23. The Hall–Kier alpha value is -1.20. The molecule has 13 heavy (non-hydrogen) atoms. The van der Waals surface area contributed by atoms with Crippen LogP contribution in [0.1, 0.15) is 5.56 Å². The highest BCUT2D eigenvalue weighted by Crippen LogP contribution is 2.24. The molecule has 0 fully saturated rings. The van der Waals surface area contributed by atoms with E-state index in [4.69, 9.17) is 5.90 Å². The van der Waals surface area contributed by atoms with Gasteiger partial charge in [0, 0.05) is 5.56 Å². The van der Waals surface area contributed by atoms with E-state index in [-0.39, 0.29) is 12.2 Å². The molecule has 0 unspecified atom stereocenters. The van der Waals surface area contributed by atoms with Crippen molar-refractivity contribution < 1.29 is 18.4 Å². The highest BCUT2D eigenvalue weighted by molar-refractivity contribution is 5.32. The molecule has 0 aliphatic carbocycles. The number of halogens is 2. The highest BCUT2D eigenvalue weighted by Gasteiger charge is 2.13. The Morgan fingerprint density at radius 2 is 2.08 bits per heavy atom. The van der Waals surface area contributed by atoms with Gasteiger partial charge in [-0.05, 0) is 6.07 Å². The Morgan fingerprint density at radius 3 is 2.62 bits per heavy atom. The van der Waals surface area contributed by atoms with E-state index in [1.807, 2.05) is 0 Å². The maximum absolute atomic E-state index is 13.2. The van der Waals surface area contributed by atoms with Crippen LogP contribution >= 0.6 is 0 Å². The summed E-state index contributed by atoms with van der Waals surface area (Å²) in [5, 5.41) is 0. The molecule has 0 spiro atoms. The lowest BCUT2D eigenvalue weighted by Gasteiger charge is -2.06. The Labute approximate surface area is 74.0 Å². The van der Waals surface area contributed by atoms with Crippen LogP contribution in [0.2, 0.25) is 0 Å². The van der Waals surface area contributed by atoms with Crippen molar-refractivity contribution in [3.05, 3.63) is 29.3 Å². The molecule has 0 radical (unpaired) electrons. The molecule has 0 amide bonds. The van der Waals surface area contributed by atoms with Gasteiger partial charge >= 0.3 is 0 Å². The maximum atomic E-state index is 13.2. The average molecular weight is 189 g/mol. The van der Waals surface area contributed by atoms with E-state index in [9.17, 15) is 8.78 Å². The summed E-state index contributed by atoms with van der Waals surface area (Å²) in [5.74, 6) is 2.80. The molecule has 0 saturated carbocycles. The molecule has 0 aliphatic rings. The number of benzene rings is 1. The average Bonchev–Trinajstić information content (AvgIpc) is 2.11. The molecule has 72 valence electrons. The van der Waals surface area contributed by atoms with Crippen LogP contribution < -0.4 is 10.6 Å². The van der Waals surface area contributed by atoms with Crippen LogP contribution in [-0.2, 0) is 11.4 Å². The summed E-state index contributed by atoms with van der Waals surface area (Å²) in [5.41, 5.74) is 0.153. The van der Waals surface area contributed by atoms with Gasteiger partial charge in [-0.3, -0.25) is 4.84 Å². The molecule has 1 aromatic rings. The van der Waals surface area contributed by atoms with Crippen molar-refractivity contribution in [3.8, 4) is 5.75 Å². The summed E-state index contributed by atoms with van der Waals surface area (Å²) in [6.45, 7) is -0.123. The summed E-state index contributed by atoms with van der Waals surface area (Å²) >= 11 is 0. The number of hydrogen-bond acceptors (Lipinski definition) is 3. The molecule has 0 heterocycles. The SMILES string of the molecule is COc1c(F)ccc(CON)c1F. The molecule has 5 heteroatoms. The Morgan fingerprint density at radius 1 is 1.38 bits per heavy atom. The second-order valence-corrected chi connectivity index (χ2v) is 2.36. The van der Waals surface area contributed by atoms with Gasteiger partial charge in [-0.2, -0.15) is 0 Å². The van der Waals surface area contributed by atoms with E-state index >= 15 is 0 Å². The van der Waals surface area contributed by atoms with Crippen molar-refractivity contribution in [2.45, 2.75) is 6.61 Å². The van der Waals surface area contributed by atoms with Crippen molar-refractivity contribution in [2.75, 3.05) is 7.11 Å². The summed E-state index contributed by atoms with van der Waals surface area (Å²) in [6.07, 6.45) is 0. The van der Waals surface area contributed by atoms with Crippen LogP contribution in [0.3, 0.4) is 0 Å². The molecule has 1 aromatic carbocycles. The van der Waals surface area contributed by atoms with Crippen LogP contribution in [-0.4, -0.2) is 7.11 Å². The van der Waals surface area contributed by atoms with Crippen molar-refractivity contribution >= 4 is 0 Å². The smallest absolute Gasteiger partial charge is 0.190 e. The van der Waals surface area contributed by atoms with E-state index in [0.717, 1.165) is 6.07 Å². The zero-order chi connectivity index (χ0) is 9.84. The van der Waals surface area contributed by atoms with Crippen molar-refractivity contribution in [2.24, 2.45) is 5.90 Å². The van der Waals surface area contributed by atoms with Crippen LogP contribution in [0.5, 0.6) is 5.75 Å². The third kappa shape index (κ3) is 1.93. The topological polar surface area (TPSA) is 44.5 Å². The van der Waals surface area contributed by atoms with Gasteiger partial charge in [-0.25, -0.2) is 14.7 Å². The first-order chi connectivity index (χ1) is 6.20. The summed E-state index contributed by atoms with van der Waals surface area (Å²) in [6, 6.07) is 2.34. The normalized spacial score (nSPS) is 10.2. The number of rotatable bonds is 3. The molecule has 0 bridgehead atoms. The first-order valence-corrected chi connectivity index (χ1v) is 3.53. The van der Waals surface area contributed by atoms with Crippen LogP contribution in [0, 0.1) is 11.6 Å². The van der Waals surface area contributed by atoms with E-state index in [2.05, 4.69) is 9.57 Å². The van der Waals surface area contributed by atoms with Crippen LogP contribution in [0.4, 0.5) is 8.78 Å². The van der Waals surface area contributed by atoms with Gasteiger partial charge in [0.25, 0.3) is 0 Å². The molecule has 3 nitrogen and oxygen atoms in total. The second-order valence-electron chi connectivity index (χ2n) is 2.36. The predicted octanol–water partition coefficient (Wildman–Crippen LogP) is 1.36. The van der Waals surface area contributed by atoms with Gasteiger partial charge in [-0.1, -0.05) is 6.07 Å². The fourth-order valence-corrected chi connectivity index (χ4v) is 0.962. The quantitative estimate of drug-likeness (QED) is 0.730. The minimum absolute atomic E-state index is 0.123. The molecule has 0 aromatic heterocycles. The van der Waals surface area contributed by atoms with Gasteiger partial charge in [0.15, 0.2) is 17.4 Å². The first kappa shape index (κ1) is 9.88. The number of methoxy groups -OCH3 is 1. The van der Waals surface area contributed by atoms with Gasteiger partial charge in [0.05, 0.1) is 13.7 Å². The number of nitrogens with two attached hydrogens (primary N) is 1. The minimum Gasteiger partial charge on any atom is -0.491 e. The zero-order valence-corrected chi connectivity index (χ0v) is 7.01. The van der Waals surface area contributed by atoms with Crippen LogP contribution in [0.15, 0.2) is 12.1 Å². The van der Waals surface area contributed by atoms with Gasteiger partial charge in [0.1, 0.15) is 0 Å². The predicted molar refractivity (Wildman–Crippen MR) is 41.9 cm³/mol. The zero-order valence-electron chi connectivity index (χ0n) is 7.01. The second kappa shape index (κ2) is 4.15. The number of ether oxygens (including phenoxy) is 1. The molecule has 0 aliphatic heterocycles. The Balaban J connectivity index is 3.11. The third-order valence-electron chi connectivity index (χ3n) is 1.57. The van der Waals surface area contributed by atoms with Gasteiger partial charge < -0.3 is 4.74 Å². The largest absolute Gasteiger partial charge is 0.491 e. The molecular formula is C8H9F2NO2. The van der Waals surface area contributed by atoms with E-state index in [0.29, 0.717) is 0 Å². The van der Waals surface area contributed by atoms with Crippen LogP contribution in [0.25, 0.3) is 0 Å². The van der Waals surface area contributed by atoms with Crippen molar-refractivity contribution in [1.82, 2.24) is 0 Å². The van der Waals surface area contributed by atoms with Crippen molar-refractivity contribution in [3.63, 3.8) is 0 Å². The first-order valence-electron chi connectivity index (χ1n) is 3.53. The van der Waals surface area contributed by atoms with E-state index in [1.165, 1.54) is 13.2 Å². The summed E-state index contributed by atoms with van der Waals surface area (Å²) < 4.78 is 30.6. The highest BCUT2D eigenvalue weighted by atomic mass is 19.1. The van der Waals surface area contributed by atoms with E-state index < -0.39 is 17.4 Å². The monoisotopic (exact) mass is 189 g/mol. The van der Waals surface area contributed by atoms with E-state index in [1.54, 1.807) is 0 Å². The van der Waals surface area contributed by atoms with Gasteiger partial charge in [-0.15, -0.1) is 0 Å². The summed E-state index contributed by atoms with van der Waals surface area (Å²) in [7, 11) is 1.19. The fraction of sp³-hybridized carbons (Fsp3) is 0.250. The lowest BCUT2D eigenvalue weighted by Crippen LogP contribution is -2.03. The lowest BCUT2D eigenvalue weighted by atomic mass is 10.2. The molecule has 1 rings (SSSR count). The van der Waals surface area contributed by atoms with Crippen molar-refractivity contribution in [1.29, 1.82) is 0 Å². The third-order valence-corrected chi connectivity index (χ3v) is 1.57. The lowest BCUT2D eigenvalue weighted by molar-refractivity contribution is 0.121. The Kier molecular flexibility index (Phi) is 3.16. The minimum atomic E-state index is -0.784.